The zero-order chi connectivity index (χ0) is 19.4. The van der Waals surface area contributed by atoms with Gasteiger partial charge in [-0.3, -0.25) is 9.59 Å². The summed E-state index contributed by atoms with van der Waals surface area (Å²) in [6, 6.07) is -2.03. The molecule has 150 valence electrons. The van der Waals surface area contributed by atoms with E-state index in [1.54, 1.807) is 0 Å². The second-order valence-corrected chi connectivity index (χ2v) is 6.68. The summed E-state index contributed by atoms with van der Waals surface area (Å²) in [5.41, 5.74) is 10.9. The number of hydrogen-bond donors (Lipinski definition) is 6. The molecule has 0 aromatic rings. The summed E-state index contributed by atoms with van der Waals surface area (Å²) in [4.78, 5) is 36.3. The summed E-state index contributed by atoms with van der Waals surface area (Å²) in [5.74, 6) is -1.77. The number of unbranched alkanes of at least 4 members (excludes halogenated alkanes) is 2. The average molecular weight is 371 g/mol. The minimum Gasteiger partial charge on any atom is -0.480 e. The van der Waals surface area contributed by atoms with Crippen LogP contribution in [0.4, 0.5) is 0 Å². The van der Waals surface area contributed by atoms with Gasteiger partial charge in [-0.1, -0.05) is 0 Å². The van der Waals surface area contributed by atoms with Gasteiger partial charge in [-0.15, -0.1) is 0 Å². The number of nitrogens with two attached hydrogens (primary N) is 2. The fraction of sp³-hybridized carbons (Fsp3) is 0.824. The van der Waals surface area contributed by atoms with Crippen molar-refractivity contribution < 1.29 is 19.5 Å². The molecule has 1 aliphatic rings. The normalized spacial score (nSPS) is 18.9. The number of hydrogen-bond acceptors (Lipinski definition) is 6. The summed E-state index contributed by atoms with van der Waals surface area (Å²) in [6.45, 7) is 1.76. The Morgan fingerprint density at radius 2 is 1.62 bits per heavy atom. The van der Waals surface area contributed by atoms with Gasteiger partial charge in [0.1, 0.15) is 12.1 Å². The zero-order valence-electron chi connectivity index (χ0n) is 15.3. The van der Waals surface area contributed by atoms with E-state index in [0.717, 1.165) is 25.8 Å². The molecule has 0 radical (unpaired) electrons. The fourth-order valence-electron chi connectivity index (χ4n) is 2.96. The second kappa shape index (κ2) is 12.6. The number of nitrogens with one attached hydrogen (secondary N) is 3. The van der Waals surface area contributed by atoms with Crippen molar-refractivity contribution in [3.05, 3.63) is 0 Å². The molecule has 1 rings (SSSR count). The monoisotopic (exact) mass is 371 g/mol. The predicted molar refractivity (Wildman–Crippen MR) is 98.3 cm³/mol. The Morgan fingerprint density at radius 3 is 2.12 bits per heavy atom. The maximum Gasteiger partial charge on any atom is 0.326 e. The van der Waals surface area contributed by atoms with Crippen molar-refractivity contribution in [3.8, 4) is 0 Å². The summed E-state index contributed by atoms with van der Waals surface area (Å²) in [5, 5.41) is 17.7. The highest BCUT2D eigenvalue weighted by atomic mass is 16.4. The number of amides is 2. The molecule has 0 saturated carbocycles. The summed E-state index contributed by atoms with van der Waals surface area (Å²) in [6.07, 6.45) is 5.12. The third-order valence-electron chi connectivity index (χ3n) is 4.52. The van der Waals surface area contributed by atoms with E-state index in [2.05, 4.69) is 16.0 Å². The molecule has 2 amide bonds. The molecule has 1 aliphatic heterocycles. The highest BCUT2D eigenvalue weighted by Gasteiger charge is 2.29. The molecule has 0 aliphatic carbocycles. The van der Waals surface area contributed by atoms with E-state index < -0.39 is 24.0 Å². The number of aliphatic carboxylic acids is 1. The Hall–Kier alpha value is -1.71. The van der Waals surface area contributed by atoms with E-state index in [4.69, 9.17) is 11.5 Å². The topological polar surface area (TPSA) is 160 Å². The van der Waals surface area contributed by atoms with Gasteiger partial charge in [-0.25, -0.2) is 4.79 Å². The van der Waals surface area contributed by atoms with Crippen LogP contribution in [0.2, 0.25) is 0 Å². The van der Waals surface area contributed by atoms with Crippen LogP contribution in [0, 0.1) is 0 Å². The number of carbonyl (C=O) groups is 3. The van der Waals surface area contributed by atoms with Crippen molar-refractivity contribution in [2.24, 2.45) is 11.5 Å². The molecule has 9 nitrogen and oxygen atoms in total. The van der Waals surface area contributed by atoms with Gasteiger partial charge in [-0.2, -0.15) is 0 Å². The van der Waals surface area contributed by atoms with Crippen molar-refractivity contribution in [1.29, 1.82) is 0 Å². The smallest absolute Gasteiger partial charge is 0.326 e. The molecule has 1 saturated heterocycles. The van der Waals surface area contributed by atoms with Gasteiger partial charge in [0.15, 0.2) is 0 Å². The van der Waals surface area contributed by atoms with E-state index in [9.17, 15) is 19.5 Å². The van der Waals surface area contributed by atoms with Crippen LogP contribution in [0.15, 0.2) is 0 Å². The number of carboxylic acids is 1. The van der Waals surface area contributed by atoms with Gasteiger partial charge in [0.25, 0.3) is 0 Å². The Bertz CT molecular complexity index is 454. The Morgan fingerprint density at radius 1 is 1.00 bits per heavy atom. The summed E-state index contributed by atoms with van der Waals surface area (Å²) >= 11 is 0. The molecular weight excluding hydrogens is 338 g/mol. The van der Waals surface area contributed by atoms with Crippen molar-refractivity contribution in [3.63, 3.8) is 0 Å². The van der Waals surface area contributed by atoms with Crippen LogP contribution in [0.5, 0.6) is 0 Å². The van der Waals surface area contributed by atoms with Gasteiger partial charge < -0.3 is 32.5 Å². The largest absolute Gasteiger partial charge is 0.480 e. The molecule has 0 aromatic heterocycles. The van der Waals surface area contributed by atoms with E-state index >= 15 is 0 Å². The highest BCUT2D eigenvalue weighted by molar-refractivity contribution is 5.91. The number of rotatable bonds is 13. The van der Waals surface area contributed by atoms with Gasteiger partial charge in [0.2, 0.25) is 11.8 Å². The van der Waals surface area contributed by atoms with Gasteiger partial charge in [0.05, 0.1) is 6.04 Å². The fourth-order valence-corrected chi connectivity index (χ4v) is 2.96. The quantitative estimate of drug-likeness (QED) is 0.228. The van der Waals surface area contributed by atoms with Crippen LogP contribution in [0.1, 0.15) is 51.4 Å². The van der Waals surface area contributed by atoms with Crippen molar-refractivity contribution in [1.82, 2.24) is 16.0 Å². The van der Waals surface area contributed by atoms with Gasteiger partial charge in [0, 0.05) is 0 Å². The lowest BCUT2D eigenvalue weighted by molar-refractivity contribution is -0.142. The summed E-state index contributed by atoms with van der Waals surface area (Å²) in [7, 11) is 0. The average Bonchev–Trinajstić information content (AvgIpc) is 3.14. The van der Waals surface area contributed by atoms with E-state index in [1.807, 2.05) is 0 Å². The predicted octanol–water partition coefficient (Wildman–Crippen LogP) is -0.949. The van der Waals surface area contributed by atoms with E-state index in [-0.39, 0.29) is 11.9 Å². The molecule has 1 fully saturated rings. The van der Waals surface area contributed by atoms with Crippen molar-refractivity contribution in [2.45, 2.75) is 69.5 Å². The lowest BCUT2D eigenvalue weighted by Gasteiger charge is -2.23. The standard InChI is InChI=1S/C17H33N5O4/c18-9-3-1-6-13(21-15(23)12-8-5-11-20-12)16(24)22-14(17(25)26)7-2-4-10-19/h12-14,20H,1-11,18-19H2,(H,21,23)(H,22,24)(H,25,26)/t12?,13-,14-/m0/s1. The molecular formula is C17H33N5O4. The van der Waals surface area contributed by atoms with Crippen LogP contribution in [0.3, 0.4) is 0 Å². The van der Waals surface area contributed by atoms with Crippen LogP contribution in [-0.2, 0) is 14.4 Å². The van der Waals surface area contributed by atoms with Gasteiger partial charge in [-0.05, 0) is 71.0 Å². The maximum absolute atomic E-state index is 12.6. The first-order valence-electron chi connectivity index (χ1n) is 9.46. The molecule has 0 bridgehead atoms. The Kier molecular flexibility index (Phi) is 10.8. The first-order valence-corrected chi connectivity index (χ1v) is 9.46. The minimum absolute atomic E-state index is 0.217. The zero-order valence-corrected chi connectivity index (χ0v) is 15.3. The lowest BCUT2D eigenvalue weighted by Crippen LogP contribution is -2.54. The molecule has 26 heavy (non-hydrogen) atoms. The van der Waals surface area contributed by atoms with Crippen molar-refractivity contribution in [2.75, 3.05) is 19.6 Å². The molecule has 3 atom stereocenters. The van der Waals surface area contributed by atoms with E-state index in [1.165, 1.54) is 0 Å². The number of carboxylic acid groups (broad SMARTS) is 1. The first-order chi connectivity index (χ1) is 12.5. The lowest BCUT2D eigenvalue weighted by atomic mass is 10.1. The molecule has 9 heteroatoms. The van der Waals surface area contributed by atoms with Gasteiger partial charge >= 0.3 is 5.97 Å². The molecule has 8 N–H and O–H groups in total. The molecule has 1 heterocycles. The van der Waals surface area contributed by atoms with E-state index in [0.29, 0.717) is 45.2 Å². The van der Waals surface area contributed by atoms with Crippen LogP contribution < -0.4 is 27.4 Å². The Labute approximate surface area is 154 Å². The number of carbonyl (C=O) groups excluding carboxylic acids is 2. The van der Waals surface area contributed by atoms with Crippen LogP contribution in [0.25, 0.3) is 0 Å². The SMILES string of the molecule is NCCCC[C@H](NC(=O)[C@H](CCCCN)NC(=O)C1CCCN1)C(=O)O. The molecule has 1 unspecified atom stereocenters. The molecule has 0 aromatic carbocycles. The van der Waals surface area contributed by atoms with Crippen LogP contribution >= 0.6 is 0 Å². The first kappa shape index (κ1) is 22.3. The molecule has 0 spiro atoms. The highest BCUT2D eigenvalue weighted by Crippen LogP contribution is 2.08. The summed E-state index contributed by atoms with van der Waals surface area (Å²) < 4.78 is 0. The maximum atomic E-state index is 12.6. The minimum atomic E-state index is -1.08. The third kappa shape index (κ3) is 8.11. The van der Waals surface area contributed by atoms with Crippen LogP contribution in [-0.4, -0.2) is 60.6 Å². The van der Waals surface area contributed by atoms with Crippen molar-refractivity contribution >= 4 is 17.8 Å². The Balaban J connectivity index is 2.64. The third-order valence-corrected chi connectivity index (χ3v) is 4.52. The second-order valence-electron chi connectivity index (χ2n) is 6.68.